The van der Waals surface area contributed by atoms with Crippen molar-refractivity contribution in [2.24, 2.45) is 4.99 Å². The van der Waals surface area contributed by atoms with Crippen LogP contribution in [0.5, 0.6) is 0 Å². The number of benzene rings is 1. The second-order valence-electron chi connectivity index (χ2n) is 4.66. The van der Waals surface area contributed by atoms with Gasteiger partial charge in [0.25, 0.3) is 0 Å². The molecule has 94 valence electrons. The minimum absolute atomic E-state index is 0.691. The van der Waals surface area contributed by atoms with Crippen LogP contribution in [0.2, 0.25) is 0 Å². The third-order valence-corrected chi connectivity index (χ3v) is 3.15. The molecule has 1 aliphatic heterocycles. The molecule has 1 N–H and O–H groups in total. The van der Waals surface area contributed by atoms with Gasteiger partial charge in [0.2, 0.25) is 5.90 Å². The Morgan fingerprint density at radius 2 is 2.28 bits per heavy atom. The van der Waals surface area contributed by atoms with Gasteiger partial charge >= 0.3 is 0 Å². The Kier molecular flexibility index (Phi) is 2.78. The van der Waals surface area contributed by atoms with Crippen LogP contribution in [0, 0.1) is 6.92 Å². The van der Waals surface area contributed by atoms with Crippen molar-refractivity contribution in [2.75, 3.05) is 13.2 Å². The quantitative estimate of drug-likeness (QED) is 0.900. The molecule has 3 rings (SSSR count). The van der Waals surface area contributed by atoms with Crippen LogP contribution < -0.4 is 0 Å². The summed E-state index contributed by atoms with van der Waals surface area (Å²) in [5.74, 6) is 1.81. The maximum absolute atomic E-state index is 5.51. The molecule has 1 aliphatic rings. The molecule has 0 bridgehead atoms. The first-order valence-electron chi connectivity index (χ1n) is 6.45. The molecule has 1 aromatic heterocycles. The predicted molar refractivity (Wildman–Crippen MR) is 72.2 cm³/mol. The third-order valence-electron chi connectivity index (χ3n) is 3.15. The van der Waals surface area contributed by atoms with Crippen molar-refractivity contribution in [1.29, 1.82) is 0 Å². The molecule has 0 radical (unpaired) electrons. The van der Waals surface area contributed by atoms with Gasteiger partial charge in [-0.2, -0.15) is 0 Å². The summed E-state index contributed by atoms with van der Waals surface area (Å²) in [6.07, 6.45) is 2.09. The largest absolute Gasteiger partial charge is 0.476 e. The van der Waals surface area contributed by atoms with E-state index in [1.807, 2.05) is 0 Å². The predicted octanol–water partition coefficient (Wildman–Crippen LogP) is 2.60. The number of rotatable bonds is 3. The Morgan fingerprint density at radius 1 is 1.39 bits per heavy atom. The number of aromatic amines is 1. The van der Waals surface area contributed by atoms with Crippen LogP contribution >= 0.6 is 0 Å². The minimum atomic E-state index is 0.691. The van der Waals surface area contributed by atoms with E-state index in [0.717, 1.165) is 47.7 Å². The molecule has 0 saturated carbocycles. The third kappa shape index (κ3) is 1.88. The number of ether oxygens (including phenoxy) is 1. The van der Waals surface area contributed by atoms with Crippen LogP contribution in [0.25, 0.3) is 11.0 Å². The van der Waals surface area contributed by atoms with Crippen molar-refractivity contribution in [3.63, 3.8) is 0 Å². The van der Waals surface area contributed by atoms with Gasteiger partial charge in [0.15, 0.2) is 0 Å². The van der Waals surface area contributed by atoms with E-state index in [4.69, 9.17) is 4.74 Å². The van der Waals surface area contributed by atoms with Crippen LogP contribution in [0.1, 0.15) is 30.3 Å². The van der Waals surface area contributed by atoms with Crippen molar-refractivity contribution in [3.8, 4) is 0 Å². The molecule has 0 unspecified atom stereocenters. The lowest BCUT2D eigenvalue weighted by Crippen LogP contribution is -2.01. The maximum atomic E-state index is 5.51. The van der Waals surface area contributed by atoms with Gasteiger partial charge in [-0.3, -0.25) is 0 Å². The molecule has 0 spiro atoms. The molecular formula is C14H17N3O. The SMILES string of the molecule is CCCc1nc2c(C)cc(C3=NCCO3)cc2[nH]1. The summed E-state index contributed by atoms with van der Waals surface area (Å²) in [4.78, 5) is 12.4. The van der Waals surface area contributed by atoms with E-state index in [9.17, 15) is 0 Å². The highest BCUT2D eigenvalue weighted by Gasteiger charge is 2.14. The fourth-order valence-corrected chi connectivity index (χ4v) is 2.33. The zero-order valence-corrected chi connectivity index (χ0v) is 10.8. The zero-order chi connectivity index (χ0) is 12.5. The summed E-state index contributed by atoms with van der Waals surface area (Å²) >= 11 is 0. The Hall–Kier alpha value is -1.84. The average molecular weight is 243 g/mol. The number of imidazole rings is 1. The summed E-state index contributed by atoms with van der Waals surface area (Å²) in [6.45, 7) is 5.69. The lowest BCUT2D eigenvalue weighted by Gasteiger charge is -2.03. The second kappa shape index (κ2) is 4.44. The number of hydrogen-bond acceptors (Lipinski definition) is 3. The van der Waals surface area contributed by atoms with Gasteiger partial charge in [0, 0.05) is 12.0 Å². The van der Waals surface area contributed by atoms with E-state index >= 15 is 0 Å². The van der Waals surface area contributed by atoms with Gasteiger partial charge < -0.3 is 9.72 Å². The molecule has 2 heterocycles. The number of nitrogens with zero attached hydrogens (tertiary/aromatic N) is 2. The van der Waals surface area contributed by atoms with Gasteiger partial charge in [-0.1, -0.05) is 6.92 Å². The number of fused-ring (bicyclic) bond motifs is 1. The summed E-state index contributed by atoms with van der Waals surface area (Å²) in [7, 11) is 0. The van der Waals surface area contributed by atoms with Gasteiger partial charge in [0.1, 0.15) is 12.4 Å². The van der Waals surface area contributed by atoms with E-state index in [1.165, 1.54) is 5.56 Å². The summed E-state index contributed by atoms with van der Waals surface area (Å²) in [6, 6.07) is 4.18. The lowest BCUT2D eigenvalue weighted by molar-refractivity contribution is 0.348. The molecule has 1 aromatic carbocycles. The first-order valence-corrected chi connectivity index (χ1v) is 6.45. The first-order chi connectivity index (χ1) is 8.78. The molecule has 0 saturated heterocycles. The molecule has 0 aliphatic carbocycles. The number of aryl methyl sites for hydroxylation is 2. The van der Waals surface area contributed by atoms with Crippen molar-refractivity contribution in [3.05, 3.63) is 29.1 Å². The fraction of sp³-hybridized carbons (Fsp3) is 0.429. The van der Waals surface area contributed by atoms with Gasteiger partial charge in [-0.25, -0.2) is 9.98 Å². The smallest absolute Gasteiger partial charge is 0.216 e. The van der Waals surface area contributed by atoms with E-state index in [0.29, 0.717) is 6.61 Å². The Balaban J connectivity index is 2.08. The number of H-pyrrole nitrogens is 1. The van der Waals surface area contributed by atoms with E-state index in [1.54, 1.807) is 0 Å². The minimum Gasteiger partial charge on any atom is -0.476 e. The Labute approximate surface area is 106 Å². The summed E-state index contributed by atoms with van der Waals surface area (Å²) < 4.78 is 5.51. The van der Waals surface area contributed by atoms with Crippen LogP contribution in [-0.2, 0) is 11.2 Å². The standard InChI is InChI=1S/C14H17N3O/c1-3-4-12-16-11-8-10(14-15-5-6-18-14)7-9(2)13(11)17-12/h7-8H,3-6H2,1-2H3,(H,16,17). The second-order valence-corrected chi connectivity index (χ2v) is 4.66. The highest BCUT2D eigenvalue weighted by Crippen LogP contribution is 2.21. The van der Waals surface area contributed by atoms with Gasteiger partial charge in [-0.05, 0) is 31.0 Å². The molecule has 2 aromatic rings. The molecule has 0 fully saturated rings. The van der Waals surface area contributed by atoms with Crippen LogP contribution in [-0.4, -0.2) is 29.0 Å². The van der Waals surface area contributed by atoms with Crippen molar-refractivity contribution < 1.29 is 4.74 Å². The zero-order valence-electron chi connectivity index (χ0n) is 10.8. The van der Waals surface area contributed by atoms with Gasteiger partial charge in [-0.15, -0.1) is 0 Å². The fourth-order valence-electron chi connectivity index (χ4n) is 2.33. The lowest BCUT2D eigenvalue weighted by atomic mass is 10.1. The molecule has 0 amide bonds. The number of hydrogen-bond donors (Lipinski definition) is 1. The summed E-state index contributed by atoms with van der Waals surface area (Å²) in [5, 5.41) is 0. The van der Waals surface area contributed by atoms with Crippen LogP contribution in [0.3, 0.4) is 0 Å². The molecule has 18 heavy (non-hydrogen) atoms. The maximum Gasteiger partial charge on any atom is 0.216 e. The molecule has 4 heteroatoms. The Morgan fingerprint density at radius 3 is 3.00 bits per heavy atom. The highest BCUT2D eigenvalue weighted by molar-refractivity contribution is 5.98. The highest BCUT2D eigenvalue weighted by atomic mass is 16.5. The normalized spacial score (nSPS) is 14.9. The van der Waals surface area contributed by atoms with E-state index in [-0.39, 0.29) is 0 Å². The number of nitrogens with one attached hydrogen (secondary N) is 1. The molecular weight excluding hydrogens is 226 g/mol. The summed E-state index contributed by atoms with van der Waals surface area (Å²) in [5.41, 5.74) is 4.34. The van der Waals surface area contributed by atoms with Gasteiger partial charge in [0.05, 0.1) is 17.6 Å². The number of aromatic nitrogens is 2. The van der Waals surface area contributed by atoms with Crippen molar-refractivity contribution in [1.82, 2.24) is 9.97 Å². The van der Waals surface area contributed by atoms with Crippen LogP contribution in [0.15, 0.2) is 17.1 Å². The molecule has 4 nitrogen and oxygen atoms in total. The average Bonchev–Trinajstić information content (AvgIpc) is 2.97. The number of aliphatic imine (C=N–C) groups is 1. The van der Waals surface area contributed by atoms with Crippen LogP contribution in [0.4, 0.5) is 0 Å². The monoisotopic (exact) mass is 243 g/mol. The van der Waals surface area contributed by atoms with E-state index in [2.05, 4.69) is 40.9 Å². The topological polar surface area (TPSA) is 50.3 Å². The first kappa shape index (κ1) is 11.3. The molecule has 0 atom stereocenters. The van der Waals surface area contributed by atoms with Crippen molar-refractivity contribution in [2.45, 2.75) is 26.7 Å². The van der Waals surface area contributed by atoms with E-state index < -0.39 is 0 Å². The van der Waals surface area contributed by atoms with Crippen molar-refractivity contribution >= 4 is 16.9 Å². The Bertz CT molecular complexity index is 613.